The molecule has 0 saturated carbocycles. The fourth-order valence-corrected chi connectivity index (χ4v) is 4.62. The molecule has 1 fully saturated rings. The Morgan fingerprint density at radius 2 is 1.86 bits per heavy atom. The average Bonchev–Trinajstić information content (AvgIpc) is 3.67. The molecule has 180 valence electrons. The van der Waals surface area contributed by atoms with Crippen molar-refractivity contribution < 1.29 is 9.53 Å². The lowest BCUT2D eigenvalue weighted by Crippen LogP contribution is -2.17. The van der Waals surface area contributed by atoms with Gasteiger partial charge < -0.3 is 14.6 Å². The minimum absolute atomic E-state index is 0.376. The van der Waals surface area contributed by atoms with Crippen LogP contribution in [-0.4, -0.2) is 38.9 Å². The van der Waals surface area contributed by atoms with Gasteiger partial charge in [0.15, 0.2) is 5.75 Å². The van der Waals surface area contributed by atoms with E-state index in [2.05, 4.69) is 49.5 Å². The van der Waals surface area contributed by atoms with Crippen molar-refractivity contribution in [3.8, 4) is 16.9 Å². The van der Waals surface area contributed by atoms with Gasteiger partial charge in [-0.2, -0.15) is 5.10 Å². The van der Waals surface area contributed by atoms with E-state index in [0.29, 0.717) is 23.6 Å². The zero-order valence-corrected chi connectivity index (χ0v) is 19.7. The van der Waals surface area contributed by atoms with Crippen LogP contribution in [0.15, 0.2) is 85.5 Å². The molecule has 36 heavy (non-hydrogen) atoms. The van der Waals surface area contributed by atoms with Crippen molar-refractivity contribution in [1.82, 2.24) is 19.7 Å². The number of carbonyl (C=O) groups excluding carboxylic acids is 1. The molecule has 4 heterocycles. The van der Waals surface area contributed by atoms with Crippen molar-refractivity contribution in [2.75, 3.05) is 23.3 Å². The number of H-pyrrole nitrogens is 1. The van der Waals surface area contributed by atoms with Crippen molar-refractivity contribution in [3.63, 3.8) is 0 Å². The third kappa shape index (κ3) is 4.65. The predicted molar refractivity (Wildman–Crippen MR) is 140 cm³/mol. The number of benzene rings is 2. The highest BCUT2D eigenvalue weighted by Gasteiger charge is 2.15. The quantitative estimate of drug-likeness (QED) is 0.328. The van der Waals surface area contributed by atoms with Crippen molar-refractivity contribution >= 4 is 28.5 Å². The third-order valence-electron chi connectivity index (χ3n) is 6.43. The van der Waals surface area contributed by atoms with Gasteiger partial charge in [0.1, 0.15) is 5.65 Å². The normalized spacial score (nSPS) is 13.3. The maximum atomic E-state index is 12.6. The highest BCUT2D eigenvalue weighted by atomic mass is 16.6. The topological polar surface area (TPSA) is 88.1 Å². The molecule has 1 amide bonds. The van der Waals surface area contributed by atoms with E-state index in [4.69, 9.17) is 4.74 Å². The second-order valence-electron chi connectivity index (χ2n) is 8.94. The first kappa shape index (κ1) is 21.9. The molecule has 0 aliphatic carbocycles. The first-order valence-electron chi connectivity index (χ1n) is 12.1. The number of hydrogen-bond donors (Lipinski definition) is 2. The molecule has 1 saturated heterocycles. The van der Waals surface area contributed by atoms with Crippen LogP contribution in [0.25, 0.3) is 22.2 Å². The Kier molecular flexibility index (Phi) is 5.83. The maximum Gasteiger partial charge on any atom is 0.417 e. The van der Waals surface area contributed by atoms with Crippen molar-refractivity contribution in [1.29, 1.82) is 0 Å². The Morgan fingerprint density at radius 3 is 2.72 bits per heavy atom. The smallest absolute Gasteiger partial charge is 0.407 e. The average molecular weight is 479 g/mol. The molecule has 5 aromatic rings. The highest BCUT2D eigenvalue weighted by Crippen LogP contribution is 2.30. The van der Waals surface area contributed by atoms with E-state index in [1.54, 1.807) is 17.1 Å². The number of nitrogens with one attached hydrogen (secondary N) is 2. The number of anilines is 2. The van der Waals surface area contributed by atoms with Crippen LogP contribution in [0.2, 0.25) is 0 Å². The minimum Gasteiger partial charge on any atom is -0.407 e. The molecular weight excluding hydrogens is 452 g/mol. The van der Waals surface area contributed by atoms with Gasteiger partial charge in [0.05, 0.1) is 24.6 Å². The van der Waals surface area contributed by atoms with Crippen LogP contribution in [0.4, 0.5) is 16.2 Å². The Bertz CT molecular complexity index is 1500. The van der Waals surface area contributed by atoms with Crippen LogP contribution in [0, 0.1) is 0 Å². The molecule has 0 bridgehead atoms. The van der Waals surface area contributed by atoms with Crippen LogP contribution in [0.3, 0.4) is 0 Å². The molecule has 0 radical (unpaired) electrons. The van der Waals surface area contributed by atoms with E-state index >= 15 is 0 Å². The van der Waals surface area contributed by atoms with Gasteiger partial charge in [-0.15, -0.1) is 0 Å². The van der Waals surface area contributed by atoms with Crippen LogP contribution < -0.4 is 15.0 Å². The summed E-state index contributed by atoms with van der Waals surface area (Å²) in [5.74, 6) is 0.376. The monoisotopic (exact) mass is 478 g/mol. The SMILES string of the molecule is O=C(Nc1c[nH]c2ncc(-c3cccc(N4CCCC4)c3)cc12)Oc1cnn(Cc2ccccc2)c1. The summed E-state index contributed by atoms with van der Waals surface area (Å²) >= 11 is 0. The molecule has 0 unspecified atom stereocenters. The number of pyridine rings is 1. The number of hydrogen-bond acceptors (Lipinski definition) is 5. The van der Waals surface area contributed by atoms with Crippen molar-refractivity contribution in [2.24, 2.45) is 0 Å². The second-order valence-corrected chi connectivity index (χ2v) is 8.94. The standard InChI is InChI=1S/C28H26N6O2/c35-28(36-24-16-31-34(19-24)18-20-7-2-1-3-8-20)32-26-17-30-27-25(26)14-22(15-29-27)21-9-6-10-23(13-21)33-11-4-5-12-33/h1-3,6-10,13-17,19H,4-5,11-12,18H2,(H,29,30)(H,32,35). The number of nitrogens with zero attached hydrogens (tertiary/aromatic N) is 4. The number of carbonyl (C=O) groups is 1. The predicted octanol–water partition coefficient (Wildman–Crippen LogP) is 5.69. The lowest BCUT2D eigenvalue weighted by Gasteiger charge is -2.18. The van der Waals surface area contributed by atoms with Gasteiger partial charge in [-0.25, -0.2) is 9.78 Å². The molecule has 0 atom stereocenters. The number of aromatic amines is 1. The molecular formula is C28H26N6O2. The van der Waals surface area contributed by atoms with Crippen molar-refractivity contribution in [3.05, 3.63) is 91.0 Å². The molecule has 8 heteroatoms. The molecule has 1 aliphatic heterocycles. The number of aromatic nitrogens is 4. The Labute approximate surface area is 208 Å². The van der Waals surface area contributed by atoms with Crippen LogP contribution in [0.5, 0.6) is 5.75 Å². The summed E-state index contributed by atoms with van der Waals surface area (Å²) in [5, 5.41) is 7.93. The Hall–Kier alpha value is -4.59. The Morgan fingerprint density at radius 1 is 1.00 bits per heavy atom. The lowest BCUT2D eigenvalue weighted by atomic mass is 10.1. The van der Waals surface area contributed by atoms with Gasteiger partial charge in [0.25, 0.3) is 0 Å². The third-order valence-corrected chi connectivity index (χ3v) is 6.43. The Balaban J connectivity index is 1.17. The summed E-state index contributed by atoms with van der Waals surface area (Å²) in [6, 6.07) is 20.5. The van der Waals surface area contributed by atoms with Gasteiger partial charge in [-0.3, -0.25) is 10.00 Å². The number of fused-ring (bicyclic) bond motifs is 1. The number of amides is 1. The highest BCUT2D eigenvalue weighted by molar-refractivity contribution is 6.00. The van der Waals surface area contributed by atoms with Crippen molar-refractivity contribution in [2.45, 2.75) is 19.4 Å². The largest absolute Gasteiger partial charge is 0.417 e. The molecule has 2 N–H and O–H groups in total. The van der Waals surface area contributed by atoms with E-state index in [1.807, 2.05) is 42.6 Å². The summed E-state index contributed by atoms with van der Waals surface area (Å²) in [4.78, 5) is 22.7. The fourth-order valence-electron chi connectivity index (χ4n) is 4.62. The molecule has 1 aliphatic rings. The van der Waals surface area contributed by atoms with Gasteiger partial charge in [0.2, 0.25) is 0 Å². The van der Waals surface area contributed by atoms with Gasteiger partial charge in [-0.1, -0.05) is 42.5 Å². The fraction of sp³-hybridized carbons (Fsp3) is 0.179. The zero-order chi connectivity index (χ0) is 24.3. The van der Waals surface area contributed by atoms with Crippen LogP contribution in [0.1, 0.15) is 18.4 Å². The van der Waals surface area contributed by atoms with Gasteiger partial charge in [0, 0.05) is 42.1 Å². The summed E-state index contributed by atoms with van der Waals surface area (Å²) in [5.41, 5.74) is 5.73. The summed E-state index contributed by atoms with van der Waals surface area (Å²) in [7, 11) is 0. The second kappa shape index (κ2) is 9.58. The number of ether oxygens (including phenoxy) is 1. The molecule has 3 aromatic heterocycles. The first-order valence-corrected chi connectivity index (χ1v) is 12.1. The first-order chi connectivity index (χ1) is 17.7. The molecule has 2 aromatic carbocycles. The molecule has 8 nitrogen and oxygen atoms in total. The van der Waals surface area contributed by atoms with E-state index in [0.717, 1.165) is 35.2 Å². The summed E-state index contributed by atoms with van der Waals surface area (Å²) in [6.07, 6.45) is 8.70. The van der Waals surface area contributed by atoms with Crippen LogP contribution in [-0.2, 0) is 6.54 Å². The maximum absolute atomic E-state index is 12.6. The summed E-state index contributed by atoms with van der Waals surface area (Å²) < 4.78 is 7.20. The molecule has 6 rings (SSSR count). The van der Waals surface area contributed by atoms with E-state index in [9.17, 15) is 4.79 Å². The number of rotatable bonds is 6. The van der Waals surface area contributed by atoms with Gasteiger partial charge in [-0.05, 0) is 42.2 Å². The zero-order valence-electron chi connectivity index (χ0n) is 19.7. The van der Waals surface area contributed by atoms with Gasteiger partial charge >= 0.3 is 6.09 Å². The lowest BCUT2D eigenvalue weighted by molar-refractivity contribution is 0.215. The summed E-state index contributed by atoms with van der Waals surface area (Å²) in [6.45, 7) is 2.79. The van der Waals surface area contributed by atoms with Crippen LogP contribution >= 0.6 is 0 Å². The van der Waals surface area contributed by atoms with E-state index in [-0.39, 0.29) is 0 Å². The van der Waals surface area contributed by atoms with E-state index in [1.165, 1.54) is 24.7 Å². The minimum atomic E-state index is -0.586. The molecule has 0 spiro atoms. The van der Waals surface area contributed by atoms with E-state index < -0.39 is 6.09 Å².